The van der Waals surface area contributed by atoms with Gasteiger partial charge in [0.05, 0.1) is 4.47 Å². The van der Waals surface area contributed by atoms with Gasteiger partial charge in [0.15, 0.2) is 5.82 Å². The molecule has 0 saturated heterocycles. The molecule has 4 nitrogen and oxygen atoms in total. The van der Waals surface area contributed by atoms with Crippen LogP contribution >= 0.6 is 15.9 Å². The van der Waals surface area contributed by atoms with Gasteiger partial charge in [0.1, 0.15) is 24.5 Å². The molecule has 0 aliphatic heterocycles. The number of aromatic nitrogens is 3. The van der Waals surface area contributed by atoms with Crippen LogP contribution in [-0.2, 0) is 13.7 Å². The van der Waals surface area contributed by atoms with Gasteiger partial charge in [-0.15, -0.1) is 10.2 Å². The smallest absolute Gasteiger partial charge is 0.170 e. The van der Waals surface area contributed by atoms with E-state index in [2.05, 4.69) is 26.1 Å². The highest BCUT2D eigenvalue weighted by molar-refractivity contribution is 9.10. The van der Waals surface area contributed by atoms with Crippen molar-refractivity contribution < 1.29 is 9.13 Å². The first-order valence-corrected chi connectivity index (χ1v) is 5.37. The summed E-state index contributed by atoms with van der Waals surface area (Å²) in [6.07, 6.45) is 1.60. The normalized spacial score (nSPS) is 10.4. The van der Waals surface area contributed by atoms with Gasteiger partial charge in [-0.2, -0.15) is 0 Å². The van der Waals surface area contributed by atoms with E-state index < -0.39 is 0 Å². The average Bonchev–Trinajstić information content (AvgIpc) is 2.66. The predicted octanol–water partition coefficient (Wildman–Crippen LogP) is 2.30. The topological polar surface area (TPSA) is 39.9 Å². The molecule has 0 fully saturated rings. The van der Waals surface area contributed by atoms with Gasteiger partial charge < -0.3 is 9.30 Å². The summed E-state index contributed by atoms with van der Waals surface area (Å²) in [5.41, 5.74) is 0. The maximum Gasteiger partial charge on any atom is 0.170 e. The van der Waals surface area contributed by atoms with E-state index in [1.807, 2.05) is 7.05 Å². The minimum atomic E-state index is -0.314. The van der Waals surface area contributed by atoms with Crippen molar-refractivity contribution in [2.75, 3.05) is 0 Å². The van der Waals surface area contributed by atoms with Gasteiger partial charge in [-0.05, 0) is 34.1 Å². The van der Waals surface area contributed by atoms with Crippen LogP contribution < -0.4 is 4.74 Å². The summed E-state index contributed by atoms with van der Waals surface area (Å²) < 4.78 is 20.5. The van der Waals surface area contributed by atoms with Gasteiger partial charge in [-0.1, -0.05) is 0 Å². The zero-order valence-corrected chi connectivity index (χ0v) is 10.1. The number of halogens is 2. The third kappa shape index (κ3) is 2.38. The van der Waals surface area contributed by atoms with E-state index >= 15 is 0 Å². The van der Waals surface area contributed by atoms with Gasteiger partial charge in [0.25, 0.3) is 0 Å². The fourth-order valence-electron chi connectivity index (χ4n) is 1.15. The molecular weight excluding hydrogens is 277 g/mol. The lowest BCUT2D eigenvalue weighted by atomic mass is 10.3. The molecule has 0 aliphatic carbocycles. The molecule has 0 unspecified atom stereocenters. The van der Waals surface area contributed by atoms with Crippen molar-refractivity contribution >= 4 is 15.9 Å². The largest absolute Gasteiger partial charge is 0.486 e. The van der Waals surface area contributed by atoms with Gasteiger partial charge in [0, 0.05) is 7.05 Å². The molecule has 0 atom stereocenters. The molecule has 0 amide bonds. The van der Waals surface area contributed by atoms with Crippen molar-refractivity contribution in [1.82, 2.24) is 14.8 Å². The lowest BCUT2D eigenvalue weighted by Gasteiger charge is -2.05. The Kier molecular flexibility index (Phi) is 3.19. The molecule has 2 rings (SSSR count). The van der Waals surface area contributed by atoms with Crippen molar-refractivity contribution in [3.05, 3.63) is 40.6 Å². The van der Waals surface area contributed by atoms with E-state index in [1.165, 1.54) is 6.07 Å². The zero-order chi connectivity index (χ0) is 11.5. The Morgan fingerprint density at radius 3 is 2.94 bits per heavy atom. The maximum absolute atomic E-state index is 12.9. The van der Waals surface area contributed by atoms with E-state index in [0.29, 0.717) is 22.7 Å². The quantitative estimate of drug-likeness (QED) is 0.869. The second-order valence-corrected chi connectivity index (χ2v) is 4.08. The summed E-state index contributed by atoms with van der Waals surface area (Å²) in [5.74, 6) is 0.975. The first-order chi connectivity index (χ1) is 7.66. The molecule has 0 spiro atoms. The van der Waals surface area contributed by atoms with Crippen LogP contribution in [0.25, 0.3) is 0 Å². The minimum Gasteiger partial charge on any atom is -0.486 e. The Balaban J connectivity index is 2.05. The molecule has 0 radical (unpaired) electrons. The van der Waals surface area contributed by atoms with Crippen LogP contribution in [0, 0.1) is 5.82 Å². The molecule has 1 heterocycles. The van der Waals surface area contributed by atoms with Gasteiger partial charge in [-0.3, -0.25) is 0 Å². The van der Waals surface area contributed by atoms with Gasteiger partial charge in [-0.25, -0.2) is 4.39 Å². The Morgan fingerprint density at radius 2 is 2.31 bits per heavy atom. The summed E-state index contributed by atoms with van der Waals surface area (Å²) >= 11 is 3.09. The number of hydrogen-bond donors (Lipinski definition) is 0. The second kappa shape index (κ2) is 4.61. The highest BCUT2D eigenvalue weighted by atomic mass is 79.9. The summed E-state index contributed by atoms with van der Waals surface area (Å²) in [6, 6.07) is 4.48. The van der Waals surface area contributed by atoms with Gasteiger partial charge in [0.2, 0.25) is 0 Å². The second-order valence-electron chi connectivity index (χ2n) is 3.22. The summed E-state index contributed by atoms with van der Waals surface area (Å²) in [7, 11) is 1.83. The van der Waals surface area contributed by atoms with Crippen LogP contribution in [0.15, 0.2) is 29.0 Å². The third-order valence-electron chi connectivity index (χ3n) is 2.06. The van der Waals surface area contributed by atoms with Crippen LogP contribution in [0.1, 0.15) is 5.82 Å². The Bertz CT molecular complexity index is 501. The van der Waals surface area contributed by atoms with Crippen molar-refractivity contribution in [2.45, 2.75) is 6.61 Å². The summed E-state index contributed by atoms with van der Waals surface area (Å²) in [6.45, 7) is 0.300. The minimum absolute atomic E-state index is 0.300. The molecule has 2 aromatic rings. The van der Waals surface area contributed by atoms with Crippen molar-refractivity contribution in [3.63, 3.8) is 0 Å². The van der Waals surface area contributed by atoms with E-state index in [9.17, 15) is 4.39 Å². The zero-order valence-electron chi connectivity index (χ0n) is 8.52. The molecule has 1 aromatic heterocycles. The Hall–Kier alpha value is -1.43. The van der Waals surface area contributed by atoms with E-state index in [0.717, 1.165) is 0 Å². The molecule has 16 heavy (non-hydrogen) atoms. The highest BCUT2D eigenvalue weighted by Gasteiger charge is 2.04. The SMILES string of the molecule is Cn1cnnc1COc1ccc(F)c(Br)c1. The number of ether oxygens (including phenoxy) is 1. The Morgan fingerprint density at radius 1 is 1.50 bits per heavy atom. The van der Waals surface area contributed by atoms with Crippen LogP contribution in [0.5, 0.6) is 5.75 Å². The molecular formula is C10H9BrFN3O. The summed E-state index contributed by atoms with van der Waals surface area (Å²) in [4.78, 5) is 0. The standard InChI is InChI=1S/C10H9BrFN3O/c1-15-6-13-14-10(15)5-16-7-2-3-9(12)8(11)4-7/h2-4,6H,5H2,1H3. The van der Waals surface area contributed by atoms with Gasteiger partial charge >= 0.3 is 0 Å². The number of hydrogen-bond acceptors (Lipinski definition) is 3. The number of benzene rings is 1. The first-order valence-electron chi connectivity index (χ1n) is 4.57. The van der Waals surface area contributed by atoms with Crippen molar-refractivity contribution in [3.8, 4) is 5.75 Å². The molecule has 1 aromatic carbocycles. The van der Waals surface area contributed by atoms with Crippen LogP contribution in [0.3, 0.4) is 0 Å². The molecule has 6 heteroatoms. The number of rotatable bonds is 3. The molecule has 0 N–H and O–H groups in total. The fourth-order valence-corrected chi connectivity index (χ4v) is 1.51. The molecule has 0 aliphatic rings. The van der Waals surface area contributed by atoms with Crippen molar-refractivity contribution in [1.29, 1.82) is 0 Å². The lowest BCUT2D eigenvalue weighted by Crippen LogP contribution is -2.03. The lowest BCUT2D eigenvalue weighted by molar-refractivity contribution is 0.290. The van der Waals surface area contributed by atoms with E-state index in [4.69, 9.17) is 4.74 Å². The Labute approximate surface area is 100 Å². The monoisotopic (exact) mass is 285 g/mol. The summed E-state index contributed by atoms with van der Waals surface area (Å²) in [5, 5.41) is 7.60. The van der Waals surface area contributed by atoms with Crippen molar-refractivity contribution in [2.24, 2.45) is 7.05 Å². The molecule has 0 saturated carbocycles. The number of aryl methyl sites for hydroxylation is 1. The van der Waals surface area contributed by atoms with E-state index in [-0.39, 0.29) is 5.82 Å². The fraction of sp³-hybridized carbons (Fsp3) is 0.200. The molecule has 0 bridgehead atoms. The third-order valence-corrected chi connectivity index (χ3v) is 2.67. The van der Waals surface area contributed by atoms with Crippen LogP contribution in [0.4, 0.5) is 4.39 Å². The maximum atomic E-state index is 12.9. The average molecular weight is 286 g/mol. The predicted molar refractivity (Wildman–Crippen MR) is 59.4 cm³/mol. The molecule has 84 valence electrons. The van der Waals surface area contributed by atoms with Crippen LogP contribution in [0.2, 0.25) is 0 Å². The number of nitrogens with zero attached hydrogens (tertiary/aromatic N) is 3. The first kappa shape index (κ1) is 11.1. The van der Waals surface area contributed by atoms with Crippen LogP contribution in [-0.4, -0.2) is 14.8 Å². The van der Waals surface area contributed by atoms with E-state index in [1.54, 1.807) is 23.0 Å². The highest BCUT2D eigenvalue weighted by Crippen LogP contribution is 2.22.